The van der Waals surface area contributed by atoms with Crippen LogP contribution in [0.1, 0.15) is 31.2 Å². The molecule has 1 aliphatic carbocycles. The van der Waals surface area contributed by atoms with Crippen LogP contribution in [0.25, 0.3) is 27.8 Å². The van der Waals surface area contributed by atoms with Gasteiger partial charge in [0.05, 0.1) is 28.7 Å². The lowest BCUT2D eigenvalue weighted by atomic mass is 9.86. The minimum atomic E-state index is -0.545. The third kappa shape index (κ3) is 4.20. The molecule has 33 heavy (non-hydrogen) atoms. The van der Waals surface area contributed by atoms with Gasteiger partial charge in [-0.1, -0.05) is 12.5 Å². The fourth-order valence-corrected chi connectivity index (χ4v) is 4.68. The van der Waals surface area contributed by atoms with Gasteiger partial charge in [0, 0.05) is 36.7 Å². The Kier molecular flexibility index (Phi) is 5.56. The number of fused-ring (bicyclic) bond motifs is 1. The first-order chi connectivity index (χ1) is 16.0. The second-order valence-corrected chi connectivity index (χ2v) is 8.82. The molecule has 0 amide bonds. The van der Waals surface area contributed by atoms with Crippen LogP contribution in [0.4, 0.5) is 10.2 Å². The number of hydrogen-bond donors (Lipinski definition) is 2. The number of aromatic nitrogens is 4. The summed E-state index contributed by atoms with van der Waals surface area (Å²) in [5.74, 6) is 0.692. The van der Waals surface area contributed by atoms with E-state index in [9.17, 15) is 4.39 Å². The number of benzene rings is 2. The molecule has 5 rings (SSSR count). The van der Waals surface area contributed by atoms with E-state index in [4.69, 9.17) is 16.1 Å². The Bertz CT molecular complexity index is 1350. The van der Waals surface area contributed by atoms with E-state index in [1.807, 2.05) is 52.9 Å². The van der Waals surface area contributed by atoms with Crippen molar-refractivity contribution < 1.29 is 4.39 Å². The molecule has 8 heteroatoms. The summed E-state index contributed by atoms with van der Waals surface area (Å²) in [4.78, 5) is 0. The average Bonchev–Trinajstić information content (AvgIpc) is 3.41. The molecule has 2 unspecified atom stereocenters. The molecular formula is C25H26FN7. The number of nitrogens with zero attached hydrogens (tertiary/aromatic N) is 5. The van der Waals surface area contributed by atoms with Crippen LogP contribution in [0.3, 0.4) is 0 Å². The Morgan fingerprint density at radius 1 is 1.21 bits per heavy atom. The highest BCUT2D eigenvalue weighted by atomic mass is 19.1. The summed E-state index contributed by atoms with van der Waals surface area (Å²) in [6.07, 6.45) is 6.24. The highest BCUT2D eigenvalue weighted by molar-refractivity contribution is 5.81. The highest BCUT2D eigenvalue weighted by Crippen LogP contribution is 2.30. The monoisotopic (exact) mass is 443 g/mol. The molecule has 3 N–H and O–H groups in total. The van der Waals surface area contributed by atoms with Crippen molar-refractivity contribution in [1.29, 1.82) is 5.26 Å². The van der Waals surface area contributed by atoms with Crippen LogP contribution >= 0.6 is 0 Å². The van der Waals surface area contributed by atoms with Crippen LogP contribution < -0.4 is 11.1 Å². The van der Waals surface area contributed by atoms with E-state index in [0.29, 0.717) is 11.5 Å². The predicted molar refractivity (Wildman–Crippen MR) is 126 cm³/mol. The number of aryl methyl sites for hydroxylation is 1. The fourth-order valence-electron chi connectivity index (χ4n) is 4.68. The number of anilines is 1. The minimum Gasteiger partial charge on any atom is -0.368 e. The van der Waals surface area contributed by atoms with E-state index in [2.05, 4.69) is 10.4 Å². The van der Waals surface area contributed by atoms with Crippen molar-refractivity contribution in [3.8, 4) is 23.0 Å². The molecule has 2 heterocycles. The summed E-state index contributed by atoms with van der Waals surface area (Å²) in [5, 5.41) is 22.7. The molecule has 0 bridgehead atoms. The summed E-state index contributed by atoms with van der Waals surface area (Å²) in [6, 6.07) is 14.7. The van der Waals surface area contributed by atoms with Gasteiger partial charge >= 0.3 is 0 Å². The number of nitrogens with two attached hydrogens (primary N) is 1. The Morgan fingerprint density at radius 2 is 2.09 bits per heavy atom. The van der Waals surface area contributed by atoms with E-state index in [0.717, 1.165) is 60.3 Å². The van der Waals surface area contributed by atoms with Crippen molar-refractivity contribution in [3.05, 3.63) is 60.0 Å². The molecule has 7 nitrogen and oxygen atoms in total. The van der Waals surface area contributed by atoms with Crippen LogP contribution in [0.15, 0.2) is 48.7 Å². The average molecular weight is 444 g/mol. The SMILES string of the molecule is Cn1ncc2cc(-n3nc(NCC4CCCC(N)C4)cc3-c3ccc(C#N)c(F)c3)ccc21. The molecule has 168 valence electrons. The quantitative estimate of drug-likeness (QED) is 0.477. The molecule has 1 saturated carbocycles. The van der Waals surface area contributed by atoms with Gasteiger partial charge < -0.3 is 11.1 Å². The second kappa shape index (κ2) is 8.68. The Balaban J connectivity index is 1.52. The van der Waals surface area contributed by atoms with Gasteiger partial charge in [-0.15, -0.1) is 5.10 Å². The normalized spacial score (nSPS) is 18.4. The lowest BCUT2D eigenvalue weighted by molar-refractivity contribution is 0.335. The van der Waals surface area contributed by atoms with Crippen molar-refractivity contribution in [3.63, 3.8) is 0 Å². The van der Waals surface area contributed by atoms with Crippen LogP contribution in [-0.4, -0.2) is 32.1 Å². The molecular weight excluding hydrogens is 417 g/mol. The molecule has 0 spiro atoms. The van der Waals surface area contributed by atoms with Crippen molar-refractivity contribution in [1.82, 2.24) is 19.6 Å². The van der Waals surface area contributed by atoms with Crippen LogP contribution in [-0.2, 0) is 7.05 Å². The van der Waals surface area contributed by atoms with Crippen molar-refractivity contribution >= 4 is 16.7 Å². The number of halogens is 1. The summed E-state index contributed by atoms with van der Waals surface area (Å²) in [5.41, 5.74) is 9.43. The number of hydrogen-bond acceptors (Lipinski definition) is 5. The Labute approximate surface area is 191 Å². The summed E-state index contributed by atoms with van der Waals surface area (Å²) in [7, 11) is 1.90. The smallest absolute Gasteiger partial charge is 0.149 e. The van der Waals surface area contributed by atoms with Gasteiger partial charge in [0.2, 0.25) is 0 Å². The first kappa shape index (κ1) is 21.2. The van der Waals surface area contributed by atoms with Gasteiger partial charge in [-0.25, -0.2) is 9.07 Å². The van der Waals surface area contributed by atoms with E-state index < -0.39 is 5.82 Å². The molecule has 1 aliphatic rings. The molecule has 1 fully saturated rings. The van der Waals surface area contributed by atoms with Gasteiger partial charge in [0.1, 0.15) is 17.7 Å². The largest absolute Gasteiger partial charge is 0.368 e. The number of nitrogens with one attached hydrogen (secondary N) is 1. The number of nitriles is 1. The molecule has 0 aliphatic heterocycles. The van der Waals surface area contributed by atoms with Crippen molar-refractivity contribution in [2.75, 3.05) is 11.9 Å². The fraction of sp³-hybridized carbons (Fsp3) is 0.320. The molecule has 2 aromatic heterocycles. The van der Waals surface area contributed by atoms with E-state index in [-0.39, 0.29) is 11.6 Å². The standard InChI is InChI=1S/C25H26FN7/c1-32-23-8-7-21(10-19(23)15-30-32)33-24(17-5-6-18(13-27)22(26)11-17)12-25(31-33)29-14-16-3-2-4-20(28)9-16/h5-8,10-12,15-16,20H,2-4,9,14,28H2,1H3,(H,29,31). The summed E-state index contributed by atoms with van der Waals surface area (Å²) >= 11 is 0. The Morgan fingerprint density at radius 3 is 2.88 bits per heavy atom. The van der Waals surface area contributed by atoms with E-state index in [1.54, 1.807) is 6.07 Å². The molecule has 2 aromatic carbocycles. The zero-order valence-corrected chi connectivity index (χ0v) is 18.5. The maximum absolute atomic E-state index is 14.4. The maximum atomic E-state index is 14.4. The van der Waals surface area contributed by atoms with E-state index >= 15 is 0 Å². The lowest BCUT2D eigenvalue weighted by Gasteiger charge is -2.26. The molecule has 4 aromatic rings. The lowest BCUT2D eigenvalue weighted by Crippen LogP contribution is -2.31. The first-order valence-corrected chi connectivity index (χ1v) is 11.2. The first-order valence-electron chi connectivity index (χ1n) is 11.2. The predicted octanol–water partition coefficient (Wildman–Crippen LogP) is 4.37. The molecule has 0 saturated heterocycles. The molecule has 0 radical (unpaired) electrons. The summed E-state index contributed by atoms with van der Waals surface area (Å²) < 4.78 is 18.1. The third-order valence-corrected chi connectivity index (χ3v) is 6.46. The van der Waals surface area contributed by atoms with Crippen molar-refractivity contribution in [2.24, 2.45) is 18.7 Å². The zero-order valence-electron chi connectivity index (χ0n) is 18.5. The maximum Gasteiger partial charge on any atom is 0.149 e. The van der Waals surface area contributed by atoms with Gasteiger partial charge in [-0.3, -0.25) is 4.68 Å². The van der Waals surface area contributed by atoms with Crippen LogP contribution in [0.2, 0.25) is 0 Å². The van der Waals surface area contributed by atoms with Crippen LogP contribution in [0, 0.1) is 23.1 Å². The van der Waals surface area contributed by atoms with Crippen molar-refractivity contribution in [2.45, 2.75) is 31.7 Å². The third-order valence-electron chi connectivity index (χ3n) is 6.46. The van der Waals surface area contributed by atoms with Gasteiger partial charge in [-0.2, -0.15) is 10.4 Å². The topological polar surface area (TPSA) is 97.5 Å². The van der Waals surface area contributed by atoms with Gasteiger partial charge in [0.25, 0.3) is 0 Å². The second-order valence-electron chi connectivity index (χ2n) is 8.82. The summed E-state index contributed by atoms with van der Waals surface area (Å²) in [6.45, 7) is 0.799. The minimum absolute atomic E-state index is 0.0218. The van der Waals surface area contributed by atoms with Crippen LogP contribution in [0.5, 0.6) is 0 Å². The van der Waals surface area contributed by atoms with Gasteiger partial charge in [-0.05, 0) is 55.5 Å². The molecule has 2 atom stereocenters. The number of rotatable bonds is 5. The van der Waals surface area contributed by atoms with E-state index in [1.165, 1.54) is 12.1 Å². The van der Waals surface area contributed by atoms with Gasteiger partial charge in [0.15, 0.2) is 0 Å². The zero-order chi connectivity index (χ0) is 22.9. The highest BCUT2D eigenvalue weighted by Gasteiger charge is 2.20. The Hall–Kier alpha value is -3.70.